The molecule has 1 unspecified atom stereocenters. The Labute approximate surface area is 150 Å². The van der Waals surface area contributed by atoms with Crippen molar-refractivity contribution in [1.29, 1.82) is 0 Å². The van der Waals surface area contributed by atoms with Crippen molar-refractivity contribution in [2.45, 2.75) is 25.8 Å². The summed E-state index contributed by atoms with van der Waals surface area (Å²) in [6.07, 6.45) is 2.02. The second-order valence-corrected chi connectivity index (χ2v) is 7.50. The van der Waals surface area contributed by atoms with E-state index in [4.69, 9.17) is 4.74 Å². The number of aromatic nitrogens is 2. The fraction of sp³-hybridized carbons (Fsp3) is 0.368. The van der Waals surface area contributed by atoms with Gasteiger partial charge in [-0.3, -0.25) is 9.48 Å². The number of nitrogens with zero attached hydrogens (tertiary/aromatic N) is 3. The van der Waals surface area contributed by atoms with Crippen LogP contribution >= 0.6 is 11.3 Å². The highest BCUT2D eigenvalue weighted by Gasteiger charge is 2.32. The van der Waals surface area contributed by atoms with Crippen molar-refractivity contribution in [3.8, 4) is 5.75 Å². The maximum Gasteiger partial charge on any atom is 0.264 e. The molecule has 0 aliphatic carbocycles. The molecule has 0 radical (unpaired) electrons. The first-order valence-electron chi connectivity index (χ1n) is 8.46. The normalized spacial score (nSPS) is 17.4. The zero-order valence-corrected chi connectivity index (χ0v) is 15.5. The fourth-order valence-electron chi connectivity index (χ4n) is 3.66. The summed E-state index contributed by atoms with van der Waals surface area (Å²) < 4.78 is 7.20. The first-order chi connectivity index (χ1) is 12.1. The van der Waals surface area contributed by atoms with Gasteiger partial charge in [-0.2, -0.15) is 5.10 Å². The van der Waals surface area contributed by atoms with Crippen LogP contribution < -0.4 is 4.74 Å². The second-order valence-electron chi connectivity index (χ2n) is 6.47. The van der Waals surface area contributed by atoms with Crippen LogP contribution in [-0.2, 0) is 7.05 Å². The van der Waals surface area contributed by atoms with E-state index in [1.54, 1.807) is 7.11 Å². The summed E-state index contributed by atoms with van der Waals surface area (Å²) in [5.74, 6) is 0.950. The van der Waals surface area contributed by atoms with E-state index in [2.05, 4.69) is 11.2 Å². The van der Waals surface area contributed by atoms with Gasteiger partial charge in [-0.15, -0.1) is 11.3 Å². The largest absolute Gasteiger partial charge is 0.497 e. The Kier molecular flexibility index (Phi) is 4.00. The number of benzene rings is 1. The van der Waals surface area contributed by atoms with Crippen LogP contribution in [0.4, 0.5) is 0 Å². The molecule has 1 aliphatic heterocycles. The third-order valence-electron chi connectivity index (χ3n) is 4.90. The van der Waals surface area contributed by atoms with Crippen molar-refractivity contribution in [3.63, 3.8) is 0 Å². The van der Waals surface area contributed by atoms with E-state index in [0.717, 1.165) is 51.5 Å². The molecule has 25 heavy (non-hydrogen) atoms. The Morgan fingerprint density at radius 2 is 2.20 bits per heavy atom. The molecule has 0 bridgehead atoms. The summed E-state index contributed by atoms with van der Waals surface area (Å²) in [6.45, 7) is 2.78. The van der Waals surface area contributed by atoms with E-state index < -0.39 is 0 Å². The SMILES string of the molecule is COc1cccc(C2CCCN2C(=O)c2cc3c(C)nn(C)c3s2)c1. The lowest BCUT2D eigenvalue weighted by Gasteiger charge is -2.25. The smallest absolute Gasteiger partial charge is 0.264 e. The van der Waals surface area contributed by atoms with Gasteiger partial charge in [0.2, 0.25) is 0 Å². The summed E-state index contributed by atoms with van der Waals surface area (Å²) in [6, 6.07) is 10.2. The van der Waals surface area contributed by atoms with Crippen LogP contribution in [-0.4, -0.2) is 34.2 Å². The average Bonchev–Trinajstić information content (AvgIpc) is 3.32. The molecule has 1 saturated heterocycles. The van der Waals surface area contributed by atoms with E-state index in [1.807, 2.05) is 47.8 Å². The molecule has 1 aliphatic rings. The number of methoxy groups -OCH3 is 1. The summed E-state index contributed by atoms with van der Waals surface area (Å²) in [7, 11) is 3.60. The fourth-order valence-corrected chi connectivity index (χ4v) is 4.74. The van der Waals surface area contributed by atoms with E-state index in [0.29, 0.717) is 0 Å². The molecule has 3 aromatic rings. The Bertz CT molecular complexity index is 909. The molecular weight excluding hydrogens is 334 g/mol. The zero-order chi connectivity index (χ0) is 17.6. The van der Waals surface area contributed by atoms with Crippen molar-refractivity contribution >= 4 is 27.5 Å². The van der Waals surface area contributed by atoms with Crippen LogP contribution in [0.15, 0.2) is 30.3 Å². The number of aryl methyl sites for hydroxylation is 2. The topological polar surface area (TPSA) is 47.4 Å². The monoisotopic (exact) mass is 355 g/mol. The lowest BCUT2D eigenvalue weighted by atomic mass is 10.0. The molecule has 3 heterocycles. The van der Waals surface area contributed by atoms with Gasteiger partial charge in [-0.05, 0) is 43.5 Å². The summed E-state index contributed by atoms with van der Waals surface area (Å²) in [4.78, 5) is 17.0. The number of fused-ring (bicyclic) bond motifs is 1. The first kappa shape index (κ1) is 16.1. The van der Waals surface area contributed by atoms with Gasteiger partial charge in [0.25, 0.3) is 5.91 Å². The van der Waals surface area contributed by atoms with E-state index in [9.17, 15) is 4.79 Å². The number of likely N-dealkylation sites (tertiary alicyclic amines) is 1. The Hall–Kier alpha value is -2.34. The molecule has 5 nitrogen and oxygen atoms in total. The molecule has 1 fully saturated rings. The lowest BCUT2D eigenvalue weighted by Crippen LogP contribution is -2.29. The van der Waals surface area contributed by atoms with Crippen LogP contribution in [0.5, 0.6) is 5.75 Å². The minimum atomic E-state index is 0.117. The predicted octanol–water partition coefficient (Wildman–Crippen LogP) is 3.93. The second kappa shape index (κ2) is 6.19. The van der Waals surface area contributed by atoms with Gasteiger partial charge in [0.15, 0.2) is 0 Å². The number of ether oxygens (including phenoxy) is 1. The summed E-state index contributed by atoms with van der Waals surface area (Å²) in [5.41, 5.74) is 2.11. The van der Waals surface area contributed by atoms with E-state index >= 15 is 0 Å². The van der Waals surface area contributed by atoms with Crippen molar-refractivity contribution in [3.05, 3.63) is 46.5 Å². The molecule has 0 saturated carbocycles. The first-order valence-corrected chi connectivity index (χ1v) is 9.28. The minimum absolute atomic E-state index is 0.117. The molecule has 1 aromatic carbocycles. The minimum Gasteiger partial charge on any atom is -0.497 e. The van der Waals surface area contributed by atoms with Crippen molar-refractivity contribution in [2.24, 2.45) is 7.05 Å². The molecule has 6 heteroatoms. The average molecular weight is 355 g/mol. The highest BCUT2D eigenvalue weighted by molar-refractivity contribution is 7.20. The molecular formula is C19H21N3O2S. The van der Waals surface area contributed by atoms with E-state index in [1.165, 1.54) is 11.3 Å². The maximum absolute atomic E-state index is 13.2. The Morgan fingerprint density at radius 1 is 1.36 bits per heavy atom. The van der Waals surface area contributed by atoms with Crippen LogP contribution in [0, 0.1) is 6.92 Å². The van der Waals surface area contributed by atoms with Crippen LogP contribution in [0.2, 0.25) is 0 Å². The zero-order valence-electron chi connectivity index (χ0n) is 14.7. The van der Waals surface area contributed by atoms with Gasteiger partial charge >= 0.3 is 0 Å². The van der Waals surface area contributed by atoms with Crippen LogP contribution in [0.1, 0.15) is 39.8 Å². The number of rotatable bonds is 3. The van der Waals surface area contributed by atoms with Crippen molar-refractivity contribution in [2.75, 3.05) is 13.7 Å². The molecule has 4 rings (SSSR count). The third-order valence-corrected chi connectivity index (χ3v) is 6.09. The highest BCUT2D eigenvalue weighted by atomic mass is 32.1. The molecule has 1 atom stereocenters. The quantitative estimate of drug-likeness (QED) is 0.715. The number of hydrogen-bond acceptors (Lipinski definition) is 4. The standard InChI is InChI=1S/C19H21N3O2S/c1-12-15-11-17(25-19(15)21(2)20-12)18(23)22-9-5-8-16(22)13-6-4-7-14(10-13)24-3/h4,6-7,10-11,16H,5,8-9H2,1-3H3. The summed E-state index contributed by atoms with van der Waals surface area (Å²) in [5, 5.41) is 5.49. The molecule has 0 N–H and O–H groups in total. The number of carbonyl (C=O) groups excluding carboxylic acids is 1. The van der Waals surface area contributed by atoms with Crippen molar-refractivity contribution in [1.82, 2.24) is 14.7 Å². The van der Waals surface area contributed by atoms with Gasteiger partial charge in [0.1, 0.15) is 10.6 Å². The molecule has 0 spiro atoms. The van der Waals surface area contributed by atoms with Crippen LogP contribution in [0.25, 0.3) is 10.2 Å². The number of amides is 1. The van der Waals surface area contributed by atoms with E-state index in [-0.39, 0.29) is 11.9 Å². The number of thiophene rings is 1. The Balaban J connectivity index is 1.66. The van der Waals surface area contributed by atoms with Crippen molar-refractivity contribution < 1.29 is 9.53 Å². The Morgan fingerprint density at radius 3 is 2.96 bits per heavy atom. The third kappa shape index (κ3) is 2.70. The maximum atomic E-state index is 13.2. The number of carbonyl (C=O) groups is 1. The summed E-state index contributed by atoms with van der Waals surface area (Å²) >= 11 is 1.53. The highest BCUT2D eigenvalue weighted by Crippen LogP contribution is 2.36. The molecule has 2 aromatic heterocycles. The van der Waals surface area contributed by atoms with Gasteiger partial charge in [0, 0.05) is 19.0 Å². The van der Waals surface area contributed by atoms with Gasteiger partial charge < -0.3 is 9.64 Å². The predicted molar refractivity (Wildman–Crippen MR) is 99.3 cm³/mol. The lowest BCUT2D eigenvalue weighted by molar-refractivity contribution is 0.0740. The molecule has 130 valence electrons. The van der Waals surface area contributed by atoms with Gasteiger partial charge in [0.05, 0.1) is 23.7 Å². The molecule has 1 amide bonds. The van der Waals surface area contributed by atoms with Gasteiger partial charge in [-0.1, -0.05) is 12.1 Å². The van der Waals surface area contributed by atoms with Gasteiger partial charge in [-0.25, -0.2) is 0 Å². The van der Waals surface area contributed by atoms with Crippen LogP contribution in [0.3, 0.4) is 0 Å². The number of hydrogen-bond donors (Lipinski definition) is 0.